The van der Waals surface area contributed by atoms with Crippen LogP contribution in [0.3, 0.4) is 0 Å². The molecule has 0 bridgehead atoms. The van der Waals surface area contributed by atoms with Crippen molar-refractivity contribution in [3.8, 4) is 11.5 Å². The van der Waals surface area contributed by atoms with Crippen LogP contribution in [0.2, 0.25) is 0 Å². The van der Waals surface area contributed by atoms with Gasteiger partial charge in [-0.05, 0) is 29.7 Å². The number of hydrogen-bond donors (Lipinski definition) is 2. The van der Waals surface area contributed by atoms with Crippen LogP contribution in [0.25, 0.3) is 0 Å². The molecule has 0 spiro atoms. The smallest absolute Gasteiger partial charge is 0.244 e. The number of rotatable bonds is 10. The quantitative estimate of drug-likeness (QED) is 0.375. The van der Waals surface area contributed by atoms with E-state index in [1.807, 2.05) is 0 Å². The number of nitrogens with two attached hydrogens (primary N) is 1. The molecular weight excluding hydrogens is 521 g/mol. The van der Waals surface area contributed by atoms with Crippen molar-refractivity contribution in [3.63, 3.8) is 0 Å². The summed E-state index contributed by atoms with van der Waals surface area (Å²) in [7, 11) is -6.96. The highest BCUT2D eigenvalue weighted by Crippen LogP contribution is 2.36. The number of sulfonamides is 1. The molecular formula is C23H23F3N2O6S2. The van der Waals surface area contributed by atoms with E-state index in [-0.39, 0.29) is 13.0 Å². The molecule has 13 heteroatoms. The lowest BCUT2D eigenvalue weighted by Gasteiger charge is -2.18. The minimum atomic E-state index is -5.09. The Balaban J connectivity index is 2.10. The lowest BCUT2D eigenvalue weighted by molar-refractivity contribution is 0.354. The Labute approximate surface area is 206 Å². The van der Waals surface area contributed by atoms with Crippen LogP contribution in [0.1, 0.15) is 11.1 Å². The third-order valence-corrected chi connectivity index (χ3v) is 7.93. The Morgan fingerprint density at radius 2 is 1.42 bits per heavy atom. The summed E-state index contributed by atoms with van der Waals surface area (Å²) in [6, 6.07) is 12.8. The average Bonchev–Trinajstić information content (AvgIpc) is 2.83. The molecule has 0 saturated heterocycles. The molecule has 3 aromatic rings. The zero-order valence-corrected chi connectivity index (χ0v) is 20.9. The first-order valence-corrected chi connectivity index (χ1v) is 13.5. The van der Waals surface area contributed by atoms with Crippen molar-refractivity contribution < 1.29 is 39.5 Å². The van der Waals surface area contributed by atoms with E-state index in [2.05, 4.69) is 5.32 Å². The first kappa shape index (κ1) is 27.3. The van der Waals surface area contributed by atoms with Gasteiger partial charge >= 0.3 is 0 Å². The normalized spacial score (nSPS) is 11.8. The van der Waals surface area contributed by atoms with Crippen LogP contribution in [0.4, 0.5) is 18.9 Å². The van der Waals surface area contributed by atoms with Crippen molar-refractivity contribution in [2.45, 2.75) is 22.8 Å². The molecule has 0 aliphatic heterocycles. The first-order chi connectivity index (χ1) is 16.9. The van der Waals surface area contributed by atoms with Crippen LogP contribution >= 0.6 is 0 Å². The molecule has 0 aromatic heterocycles. The molecule has 8 nitrogen and oxygen atoms in total. The van der Waals surface area contributed by atoms with Crippen LogP contribution in [-0.4, -0.2) is 36.8 Å². The molecule has 0 heterocycles. The topological polar surface area (TPSA) is 125 Å². The summed E-state index contributed by atoms with van der Waals surface area (Å²) in [6.45, 7) is -0.312. The maximum absolute atomic E-state index is 15.3. The highest BCUT2D eigenvalue weighted by Gasteiger charge is 2.36. The molecule has 0 radical (unpaired) electrons. The van der Waals surface area contributed by atoms with E-state index in [0.29, 0.717) is 22.6 Å². The fourth-order valence-corrected chi connectivity index (χ4v) is 5.73. The van der Waals surface area contributed by atoms with Crippen molar-refractivity contribution in [1.29, 1.82) is 0 Å². The summed E-state index contributed by atoms with van der Waals surface area (Å²) < 4.78 is 105. The number of sulfone groups is 1. The number of aryl methyl sites for hydroxylation is 1. The van der Waals surface area contributed by atoms with Crippen molar-refractivity contribution in [2.75, 3.05) is 25.3 Å². The summed E-state index contributed by atoms with van der Waals surface area (Å²) in [4.78, 5) is -3.11. The second kappa shape index (κ2) is 10.8. The summed E-state index contributed by atoms with van der Waals surface area (Å²) >= 11 is 0. The van der Waals surface area contributed by atoms with Crippen LogP contribution in [0, 0.1) is 17.5 Å². The van der Waals surface area contributed by atoms with Gasteiger partial charge in [-0.25, -0.2) is 35.1 Å². The zero-order valence-electron chi connectivity index (χ0n) is 19.2. The molecule has 36 heavy (non-hydrogen) atoms. The van der Waals surface area contributed by atoms with E-state index in [1.165, 1.54) is 32.4 Å². The minimum absolute atomic E-state index is 0.0854. The van der Waals surface area contributed by atoms with Crippen LogP contribution < -0.4 is 19.9 Å². The number of ether oxygens (including phenoxy) is 2. The van der Waals surface area contributed by atoms with Crippen LogP contribution in [-0.2, 0) is 32.8 Å². The second-order valence-corrected chi connectivity index (χ2v) is 11.2. The number of primary sulfonamides is 1. The SMILES string of the molecule is COc1ccc(CNc2c(F)c(S(N)(=O)=O)c(F)c(F)c2S(=O)(=O)CCc2ccccc2)cc1OC. The Bertz CT molecular complexity index is 1480. The lowest BCUT2D eigenvalue weighted by atomic mass is 10.2. The number of benzene rings is 3. The Hall–Kier alpha value is -3.29. The third-order valence-electron chi connectivity index (χ3n) is 5.25. The number of methoxy groups -OCH3 is 2. The average molecular weight is 545 g/mol. The molecule has 3 rings (SSSR count). The van der Waals surface area contributed by atoms with Gasteiger partial charge in [-0.15, -0.1) is 0 Å². The predicted octanol–water partition coefficient (Wildman–Crippen LogP) is 3.40. The van der Waals surface area contributed by atoms with Gasteiger partial charge in [-0.2, -0.15) is 0 Å². The van der Waals surface area contributed by atoms with Crippen molar-refractivity contribution in [1.82, 2.24) is 0 Å². The molecule has 194 valence electrons. The van der Waals surface area contributed by atoms with Crippen LogP contribution in [0.15, 0.2) is 58.3 Å². The van der Waals surface area contributed by atoms with Gasteiger partial charge in [0.25, 0.3) is 0 Å². The Kier molecular flexibility index (Phi) is 8.16. The van der Waals surface area contributed by atoms with Crippen LogP contribution in [0.5, 0.6) is 11.5 Å². The number of nitrogens with one attached hydrogen (secondary N) is 1. The highest BCUT2D eigenvalue weighted by atomic mass is 32.2. The van der Waals surface area contributed by atoms with Gasteiger partial charge < -0.3 is 14.8 Å². The number of anilines is 1. The van der Waals surface area contributed by atoms with Crippen molar-refractivity contribution in [2.24, 2.45) is 5.14 Å². The van der Waals surface area contributed by atoms with E-state index in [1.54, 1.807) is 30.3 Å². The van der Waals surface area contributed by atoms with E-state index in [4.69, 9.17) is 14.6 Å². The monoisotopic (exact) mass is 544 g/mol. The molecule has 3 aromatic carbocycles. The van der Waals surface area contributed by atoms with E-state index in [9.17, 15) is 21.2 Å². The summed E-state index contributed by atoms with van der Waals surface area (Å²) in [5.41, 5.74) is -0.0641. The van der Waals surface area contributed by atoms with E-state index in [0.717, 1.165) is 0 Å². The first-order valence-electron chi connectivity index (χ1n) is 10.4. The predicted molar refractivity (Wildman–Crippen MR) is 127 cm³/mol. The Morgan fingerprint density at radius 1 is 0.806 bits per heavy atom. The van der Waals surface area contributed by atoms with Gasteiger partial charge in [0.1, 0.15) is 4.90 Å². The maximum atomic E-state index is 15.3. The fraction of sp³-hybridized carbons (Fsp3) is 0.217. The summed E-state index contributed by atoms with van der Waals surface area (Å²) in [5.74, 6) is -6.15. The maximum Gasteiger partial charge on any atom is 0.244 e. The van der Waals surface area contributed by atoms with Crippen molar-refractivity contribution in [3.05, 3.63) is 77.1 Å². The van der Waals surface area contributed by atoms with Gasteiger partial charge in [-0.3, -0.25) is 0 Å². The molecule has 0 atom stereocenters. The van der Waals surface area contributed by atoms with Crippen molar-refractivity contribution >= 4 is 25.5 Å². The summed E-state index contributed by atoms with van der Waals surface area (Å²) in [5, 5.41) is 7.28. The van der Waals surface area contributed by atoms with Gasteiger partial charge in [0.15, 0.2) is 43.7 Å². The Morgan fingerprint density at radius 3 is 2.00 bits per heavy atom. The molecule has 0 aliphatic rings. The standard InChI is InChI=1S/C23H23F3N2O6S2/c1-33-16-9-8-15(12-17(16)34-2)13-28-21-20(26)22(36(27,31)32)18(24)19(25)23(21)35(29,30)11-10-14-6-4-3-5-7-14/h3-9,12,28H,10-11,13H2,1-2H3,(H2,27,31,32). The lowest BCUT2D eigenvalue weighted by Crippen LogP contribution is -2.22. The van der Waals surface area contributed by atoms with Gasteiger partial charge in [0.05, 0.1) is 25.7 Å². The van der Waals surface area contributed by atoms with E-state index < -0.39 is 58.5 Å². The molecule has 0 unspecified atom stereocenters. The molecule has 3 N–H and O–H groups in total. The minimum Gasteiger partial charge on any atom is -0.493 e. The molecule has 0 amide bonds. The molecule has 0 saturated carbocycles. The fourth-order valence-electron chi connectivity index (χ4n) is 3.50. The second-order valence-electron chi connectivity index (χ2n) is 7.62. The van der Waals surface area contributed by atoms with Gasteiger partial charge in [0.2, 0.25) is 10.0 Å². The number of hydrogen-bond acceptors (Lipinski definition) is 7. The van der Waals surface area contributed by atoms with Gasteiger partial charge in [0, 0.05) is 6.54 Å². The largest absolute Gasteiger partial charge is 0.493 e. The molecule has 0 aliphatic carbocycles. The van der Waals surface area contributed by atoms with Gasteiger partial charge in [-0.1, -0.05) is 36.4 Å². The summed E-state index contributed by atoms with van der Waals surface area (Å²) in [6.07, 6.45) is -0.0854. The highest BCUT2D eigenvalue weighted by molar-refractivity contribution is 7.91. The number of halogens is 3. The molecule has 0 fully saturated rings. The zero-order chi connectivity index (χ0) is 26.7. The van der Waals surface area contributed by atoms with E-state index >= 15 is 8.78 Å². The third kappa shape index (κ3) is 5.74.